The van der Waals surface area contributed by atoms with Gasteiger partial charge in [0.05, 0.1) is 0 Å². The summed E-state index contributed by atoms with van der Waals surface area (Å²) in [6.45, 7) is 4.44. The lowest BCUT2D eigenvalue weighted by Gasteiger charge is -2.17. The molecule has 18 heavy (non-hydrogen) atoms. The summed E-state index contributed by atoms with van der Waals surface area (Å²) in [6, 6.07) is 9.07. The molecule has 0 bridgehead atoms. The average molecular weight is 248 g/mol. The van der Waals surface area contributed by atoms with Crippen LogP contribution in [0.3, 0.4) is 0 Å². The first kappa shape index (κ1) is 15.2. The number of hydrazine groups is 1. The zero-order chi connectivity index (χ0) is 13.2. The van der Waals surface area contributed by atoms with Crippen LogP contribution in [0, 0.1) is 0 Å². The van der Waals surface area contributed by atoms with Crippen LogP contribution in [0.25, 0.3) is 0 Å². The molecule has 0 aromatic heterocycles. The Balaban J connectivity index is 2.44. The molecule has 0 fully saturated rings. The molecule has 0 radical (unpaired) electrons. The van der Waals surface area contributed by atoms with Gasteiger partial charge in [0.1, 0.15) is 0 Å². The second-order valence-corrected chi connectivity index (χ2v) is 5.02. The molecule has 0 amide bonds. The number of unbranched alkanes of at least 4 members (excludes halogenated alkanes) is 4. The lowest BCUT2D eigenvalue weighted by molar-refractivity contribution is 0.478. The first-order valence-electron chi connectivity index (χ1n) is 7.36. The van der Waals surface area contributed by atoms with Crippen molar-refractivity contribution in [3.63, 3.8) is 0 Å². The molecule has 0 saturated heterocycles. The fraction of sp³-hybridized carbons (Fsp3) is 0.625. The maximum absolute atomic E-state index is 5.69. The van der Waals surface area contributed by atoms with Gasteiger partial charge in [0.2, 0.25) is 0 Å². The van der Waals surface area contributed by atoms with E-state index in [1.54, 1.807) is 0 Å². The lowest BCUT2D eigenvalue weighted by atomic mass is 9.98. The van der Waals surface area contributed by atoms with Crippen LogP contribution in [0.1, 0.15) is 69.5 Å². The number of rotatable bonds is 9. The summed E-state index contributed by atoms with van der Waals surface area (Å²) < 4.78 is 0. The zero-order valence-corrected chi connectivity index (χ0v) is 11.9. The van der Waals surface area contributed by atoms with Crippen molar-refractivity contribution in [1.29, 1.82) is 0 Å². The van der Waals surface area contributed by atoms with Crippen LogP contribution >= 0.6 is 0 Å². The molecule has 1 rings (SSSR count). The highest BCUT2D eigenvalue weighted by atomic mass is 15.2. The van der Waals surface area contributed by atoms with Gasteiger partial charge < -0.3 is 0 Å². The van der Waals surface area contributed by atoms with Gasteiger partial charge in [0, 0.05) is 6.04 Å². The minimum atomic E-state index is 0.304. The van der Waals surface area contributed by atoms with Gasteiger partial charge in [-0.05, 0) is 24.0 Å². The van der Waals surface area contributed by atoms with Gasteiger partial charge in [0.15, 0.2) is 0 Å². The Morgan fingerprint density at radius 3 is 2.56 bits per heavy atom. The molecule has 0 spiro atoms. The maximum atomic E-state index is 5.69. The second-order valence-electron chi connectivity index (χ2n) is 5.02. The van der Waals surface area contributed by atoms with Crippen molar-refractivity contribution in [3.05, 3.63) is 35.4 Å². The van der Waals surface area contributed by atoms with E-state index in [4.69, 9.17) is 5.84 Å². The van der Waals surface area contributed by atoms with E-state index in [2.05, 4.69) is 43.5 Å². The summed E-state index contributed by atoms with van der Waals surface area (Å²) in [5, 5.41) is 0. The molecular weight excluding hydrogens is 220 g/mol. The Morgan fingerprint density at radius 1 is 1.11 bits per heavy atom. The van der Waals surface area contributed by atoms with E-state index in [0.717, 1.165) is 12.8 Å². The third kappa shape index (κ3) is 5.19. The Morgan fingerprint density at radius 2 is 1.89 bits per heavy atom. The number of aryl methyl sites for hydroxylation is 1. The largest absolute Gasteiger partial charge is 0.271 e. The summed E-state index contributed by atoms with van der Waals surface area (Å²) in [7, 11) is 0. The van der Waals surface area contributed by atoms with Crippen molar-refractivity contribution in [2.45, 2.75) is 64.8 Å². The van der Waals surface area contributed by atoms with Gasteiger partial charge in [-0.2, -0.15) is 0 Å². The molecule has 1 aromatic carbocycles. The third-order valence-corrected chi connectivity index (χ3v) is 3.56. The molecule has 0 saturated carbocycles. The molecule has 0 aliphatic carbocycles. The number of nitrogens with one attached hydrogen (secondary N) is 1. The molecule has 1 unspecified atom stereocenters. The van der Waals surface area contributed by atoms with Crippen molar-refractivity contribution in [2.24, 2.45) is 5.84 Å². The van der Waals surface area contributed by atoms with Crippen LogP contribution in [-0.2, 0) is 6.42 Å². The molecular formula is C16H28N2. The predicted octanol–water partition coefficient (Wildman–Crippen LogP) is 4.11. The van der Waals surface area contributed by atoms with Crippen molar-refractivity contribution in [3.8, 4) is 0 Å². The van der Waals surface area contributed by atoms with Gasteiger partial charge in [-0.1, -0.05) is 70.2 Å². The number of benzene rings is 1. The maximum Gasteiger partial charge on any atom is 0.0460 e. The van der Waals surface area contributed by atoms with Crippen LogP contribution in [0.15, 0.2) is 24.3 Å². The highest BCUT2D eigenvalue weighted by Crippen LogP contribution is 2.20. The molecule has 0 aliphatic rings. The number of nitrogens with two attached hydrogens (primary N) is 1. The van der Waals surface area contributed by atoms with E-state index in [0.29, 0.717) is 6.04 Å². The molecule has 0 heterocycles. The minimum absolute atomic E-state index is 0.304. The van der Waals surface area contributed by atoms with E-state index in [9.17, 15) is 0 Å². The summed E-state index contributed by atoms with van der Waals surface area (Å²) in [5.41, 5.74) is 5.67. The first-order valence-corrected chi connectivity index (χ1v) is 7.36. The normalized spacial score (nSPS) is 12.6. The van der Waals surface area contributed by atoms with Crippen LogP contribution in [0.2, 0.25) is 0 Å². The fourth-order valence-corrected chi connectivity index (χ4v) is 2.33. The number of hydrogen-bond acceptors (Lipinski definition) is 2. The Bertz CT molecular complexity index is 323. The summed E-state index contributed by atoms with van der Waals surface area (Å²) in [4.78, 5) is 0. The molecule has 1 aromatic rings. The Labute approximate surface area is 112 Å². The van der Waals surface area contributed by atoms with Gasteiger partial charge in [-0.15, -0.1) is 0 Å². The zero-order valence-electron chi connectivity index (χ0n) is 11.9. The SMILES string of the molecule is CCCCCCCC(NN)c1cccc(CC)c1. The van der Waals surface area contributed by atoms with E-state index >= 15 is 0 Å². The molecule has 102 valence electrons. The van der Waals surface area contributed by atoms with E-state index in [1.807, 2.05) is 0 Å². The van der Waals surface area contributed by atoms with Crippen LogP contribution in [0.5, 0.6) is 0 Å². The van der Waals surface area contributed by atoms with Crippen molar-refractivity contribution in [1.82, 2.24) is 5.43 Å². The van der Waals surface area contributed by atoms with Crippen LogP contribution in [-0.4, -0.2) is 0 Å². The molecule has 2 nitrogen and oxygen atoms in total. The highest BCUT2D eigenvalue weighted by molar-refractivity contribution is 5.25. The average Bonchev–Trinajstić information content (AvgIpc) is 2.43. The Hall–Kier alpha value is -0.860. The van der Waals surface area contributed by atoms with E-state index in [1.165, 1.54) is 43.2 Å². The first-order chi connectivity index (χ1) is 8.81. The monoisotopic (exact) mass is 248 g/mol. The van der Waals surface area contributed by atoms with Gasteiger partial charge >= 0.3 is 0 Å². The Kier molecular flexibility index (Phi) is 7.70. The van der Waals surface area contributed by atoms with E-state index in [-0.39, 0.29) is 0 Å². The van der Waals surface area contributed by atoms with E-state index < -0.39 is 0 Å². The molecule has 3 N–H and O–H groups in total. The van der Waals surface area contributed by atoms with Crippen molar-refractivity contribution in [2.75, 3.05) is 0 Å². The van der Waals surface area contributed by atoms with Crippen molar-refractivity contribution < 1.29 is 0 Å². The fourth-order valence-electron chi connectivity index (χ4n) is 2.33. The highest BCUT2D eigenvalue weighted by Gasteiger charge is 2.09. The van der Waals surface area contributed by atoms with Gasteiger partial charge in [-0.3, -0.25) is 11.3 Å². The van der Waals surface area contributed by atoms with Crippen LogP contribution in [0.4, 0.5) is 0 Å². The third-order valence-electron chi connectivity index (χ3n) is 3.56. The lowest BCUT2D eigenvalue weighted by Crippen LogP contribution is -2.28. The molecule has 0 aliphatic heterocycles. The van der Waals surface area contributed by atoms with Crippen LogP contribution < -0.4 is 11.3 Å². The van der Waals surface area contributed by atoms with Gasteiger partial charge in [-0.25, -0.2) is 0 Å². The molecule has 2 heteroatoms. The standard InChI is InChI=1S/C16H28N2/c1-3-5-6-7-8-12-16(18-17)15-11-9-10-14(4-2)13-15/h9-11,13,16,18H,3-8,12,17H2,1-2H3. The topological polar surface area (TPSA) is 38.0 Å². The predicted molar refractivity (Wildman–Crippen MR) is 79.3 cm³/mol. The quantitative estimate of drug-likeness (QED) is 0.392. The molecule has 1 atom stereocenters. The summed E-state index contributed by atoms with van der Waals surface area (Å²) in [6.07, 6.45) is 8.80. The number of hydrogen-bond donors (Lipinski definition) is 2. The summed E-state index contributed by atoms with van der Waals surface area (Å²) in [5.74, 6) is 5.69. The minimum Gasteiger partial charge on any atom is -0.271 e. The second kappa shape index (κ2) is 9.12. The summed E-state index contributed by atoms with van der Waals surface area (Å²) >= 11 is 0. The van der Waals surface area contributed by atoms with Crippen molar-refractivity contribution >= 4 is 0 Å². The van der Waals surface area contributed by atoms with Gasteiger partial charge in [0.25, 0.3) is 0 Å². The smallest absolute Gasteiger partial charge is 0.0460 e.